The fourth-order valence-electron chi connectivity index (χ4n) is 1.41. The first-order valence-electron chi connectivity index (χ1n) is 4.79. The van der Waals surface area contributed by atoms with Crippen molar-refractivity contribution < 1.29 is 9.13 Å². The number of benzene rings is 1. The van der Waals surface area contributed by atoms with E-state index >= 15 is 0 Å². The lowest BCUT2D eigenvalue weighted by atomic mass is 10.1. The van der Waals surface area contributed by atoms with Crippen molar-refractivity contribution in [1.82, 2.24) is 5.32 Å². The predicted octanol–water partition coefficient (Wildman–Crippen LogP) is 2.39. The molecule has 84 valence electrons. The molecule has 0 heterocycles. The van der Waals surface area contributed by atoms with Gasteiger partial charge in [0.25, 0.3) is 0 Å². The second-order valence-corrected chi connectivity index (χ2v) is 3.76. The average molecular weight is 232 g/mol. The fraction of sp³-hybridized carbons (Fsp3) is 0.455. The Hall–Kier alpha value is -0.640. The van der Waals surface area contributed by atoms with Crippen LogP contribution in [-0.4, -0.2) is 20.7 Å². The Kier molecular flexibility index (Phi) is 5.02. The van der Waals surface area contributed by atoms with Gasteiger partial charge in [0.05, 0.1) is 6.61 Å². The Labute approximate surface area is 94.4 Å². The van der Waals surface area contributed by atoms with Crippen LogP contribution in [0.5, 0.6) is 0 Å². The van der Waals surface area contributed by atoms with E-state index in [9.17, 15) is 4.39 Å². The van der Waals surface area contributed by atoms with Crippen molar-refractivity contribution in [3.05, 3.63) is 34.1 Å². The summed E-state index contributed by atoms with van der Waals surface area (Å²) in [6.45, 7) is 0.975. The lowest BCUT2D eigenvalue weighted by molar-refractivity contribution is 0.181. The van der Waals surface area contributed by atoms with E-state index in [1.54, 1.807) is 12.1 Å². The molecule has 0 bridgehead atoms. The van der Waals surface area contributed by atoms with Gasteiger partial charge < -0.3 is 10.1 Å². The molecule has 1 N–H and O–H groups in total. The van der Waals surface area contributed by atoms with Gasteiger partial charge in [0.15, 0.2) is 0 Å². The third-order valence-electron chi connectivity index (χ3n) is 2.13. The van der Waals surface area contributed by atoms with Crippen molar-refractivity contribution in [3.63, 3.8) is 0 Å². The fourth-order valence-corrected chi connectivity index (χ4v) is 1.67. The summed E-state index contributed by atoms with van der Waals surface area (Å²) in [5, 5.41) is 3.52. The smallest absolute Gasteiger partial charge is 0.132 e. The molecule has 0 spiro atoms. The second-order valence-electron chi connectivity index (χ2n) is 3.32. The number of hydrogen-bond donors (Lipinski definition) is 1. The molecule has 0 fully saturated rings. The SMILES string of the molecule is CNCCc1cc(Cl)cc(COC)c1F. The van der Waals surface area contributed by atoms with Gasteiger partial charge in [-0.15, -0.1) is 0 Å². The minimum absolute atomic E-state index is 0.212. The minimum Gasteiger partial charge on any atom is -0.380 e. The number of ether oxygens (including phenoxy) is 1. The first-order valence-corrected chi connectivity index (χ1v) is 5.17. The van der Waals surface area contributed by atoms with Crippen molar-refractivity contribution in [2.75, 3.05) is 20.7 Å². The molecule has 15 heavy (non-hydrogen) atoms. The zero-order chi connectivity index (χ0) is 11.3. The van der Waals surface area contributed by atoms with Gasteiger partial charge in [-0.3, -0.25) is 0 Å². The first kappa shape index (κ1) is 12.4. The van der Waals surface area contributed by atoms with E-state index in [1.807, 2.05) is 7.05 Å². The van der Waals surface area contributed by atoms with Gasteiger partial charge in [-0.25, -0.2) is 4.39 Å². The summed E-state index contributed by atoms with van der Waals surface area (Å²) in [6.07, 6.45) is 0.625. The highest BCUT2D eigenvalue weighted by molar-refractivity contribution is 6.30. The van der Waals surface area contributed by atoms with Gasteiger partial charge in [0.1, 0.15) is 5.82 Å². The zero-order valence-electron chi connectivity index (χ0n) is 8.94. The van der Waals surface area contributed by atoms with Crippen molar-refractivity contribution >= 4 is 11.6 Å². The van der Waals surface area contributed by atoms with Gasteiger partial charge in [-0.2, -0.15) is 0 Å². The van der Waals surface area contributed by atoms with E-state index in [-0.39, 0.29) is 12.4 Å². The summed E-state index contributed by atoms with van der Waals surface area (Å²) in [4.78, 5) is 0. The maximum absolute atomic E-state index is 13.8. The molecule has 0 saturated carbocycles. The van der Waals surface area contributed by atoms with Crippen molar-refractivity contribution in [2.45, 2.75) is 13.0 Å². The molecule has 0 amide bonds. The molecule has 0 unspecified atom stereocenters. The molecule has 0 radical (unpaired) electrons. The van der Waals surface area contributed by atoms with Crippen LogP contribution in [0.2, 0.25) is 5.02 Å². The van der Waals surface area contributed by atoms with E-state index in [4.69, 9.17) is 16.3 Å². The summed E-state index contributed by atoms with van der Waals surface area (Å²) in [7, 11) is 3.37. The zero-order valence-corrected chi connectivity index (χ0v) is 9.70. The highest BCUT2D eigenvalue weighted by Crippen LogP contribution is 2.20. The Morgan fingerprint density at radius 2 is 2.07 bits per heavy atom. The molecule has 0 saturated heterocycles. The molecule has 2 nitrogen and oxygen atoms in total. The lowest BCUT2D eigenvalue weighted by Gasteiger charge is -2.08. The average Bonchev–Trinajstić information content (AvgIpc) is 2.21. The molecule has 0 aliphatic rings. The number of hydrogen-bond acceptors (Lipinski definition) is 2. The minimum atomic E-state index is -0.212. The number of methoxy groups -OCH3 is 1. The Balaban J connectivity index is 2.93. The third-order valence-corrected chi connectivity index (χ3v) is 2.35. The second kappa shape index (κ2) is 6.05. The van der Waals surface area contributed by atoms with E-state index in [0.29, 0.717) is 22.6 Å². The van der Waals surface area contributed by atoms with Gasteiger partial charge in [-0.1, -0.05) is 11.6 Å². The summed E-state index contributed by atoms with van der Waals surface area (Å²) < 4.78 is 18.7. The van der Waals surface area contributed by atoms with Crippen LogP contribution in [0, 0.1) is 5.82 Å². The Bertz CT molecular complexity index is 331. The summed E-state index contributed by atoms with van der Waals surface area (Å²) in [5.74, 6) is -0.212. The maximum Gasteiger partial charge on any atom is 0.132 e. The number of nitrogens with one attached hydrogen (secondary N) is 1. The molecule has 1 rings (SSSR count). The highest BCUT2D eigenvalue weighted by Gasteiger charge is 2.09. The van der Waals surface area contributed by atoms with Crippen LogP contribution < -0.4 is 5.32 Å². The molecule has 0 aromatic heterocycles. The quantitative estimate of drug-likeness (QED) is 0.840. The number of rotatable bonds is 5. The van der Waals surface area contributed by atoms with Gasteiger partial charge in [-0.05, 0) is 37.7 Å². The summed E-state index contributed by atoms with van der Waals surface area (Å²) in [5.41, 5.74) is 1.14. The van der Waals surface area contributed by atoms with Crippen LogP contribution in [0.1, 0.15) is 11.1 Å². The molecule has 0 aliphatic carbocycles. The molecule has 0 atom stereocenters. The topological polar surface area (TPSA) is 21.3 Å². The van der Waals surface area contributed by atoms with Crippen LogP contribution in [0.4, 0.5) is 4.39 Å². The van der Waals surface area contributed by atoms with Gasteiger partial charge in [0, 0.05) is 17.7 Å². The van der Waals surface area contributed by atoms with E-state index in [0.717, 1.165) is 6.54 Å². The summed E-state index contributed by atoms with van der Waals surface area (Å²) in [6, 6.07) is 3.26. The van der Waals surface area contributed by atoms with Crippen molar-refractivity contribution in [1.29, 1.82) is 0 Å². The van der Waals surface area contributed by atoms with Crippen LogP contribution in [-0.2, 0) is 17.8 Å². The standard InChI is InChI=1S/C11H15ClFNO/c1-14-4-3-8-5-10(12)6-9(7-15-2)11(8)13/h5-6,14H,3-4,7H2,1-2H3. The molecule has 4 heteroatoms. The van der Waals surface area contributed by atoms with E-state index in [1.165, 1.54) is 7.11 Å². The van der Waals surface area contributed by atoms with Crippen LogP contribution in [0.15, 0.2) is 12.1 Å². The van der Waals surface area contributed by atoms with Gasteiger partial charge in [0.2, 0.25) is 0 Å². The molecular formula is C11H15ClFNO. The Morgan fingerprint density at radius 1 is 1.40 bits per heavy atom. The Morgan fingerprint density at radius 3 is 2.67 bits per heavy atom. The predicted molar refractivity (Wildman–Crippen MR) is 59.8 cm³/mol. The lowest BCUT2D eigenvalue weighted by Crippen LogP contribution is -2.12. The van der Waals surface area contributed by atoms with Crippen molar-refractivity contribution in [2.24, 2.45) is 0 Å². The van der Waals surface area contributed by atoms with Crippen LogP contribution in [0.3, 0.4) is 0 Å². The van der Waals surface area contributed by atoms with Crippen LogP contribution >= 0.6 is 11.6 Å². The summed E-state index contributed by atoms with van der Waals surface area (Å²) >= 11 is 5.89. The third kappa shape index (κ3) is 3.45. The molecule has 1 aromatic rings. The monoisotopic (exact) mass is 231 g/mol. The first-order chi connectivity index (χ1) is 7.19. The maximum atomic E-state index is 13.8. The van der Waals surface area contributed by atoms with Crippen LogP contribution in [0.25, 0.3) is 0 Å². The molecular weight excluding hydrogens is 217 g/mol. The molecule has 1 aromatic carbocycles. The largest absolute Gasteiger partial charge is 0.380 e. The van der Waals surface area contributed by atoms with Crippen molar-refractivity contribution in [3.8, 4) is 0 Å². The van der Waals surface area contributed by atoms with E-state index < -0.39 is 0 Å². The normalized spacial score (nSPS) is 10.7. The molecule has 0 aliphatic heterocycles. The number of halogens is 2. The van der Waals surface area contributed by atoms with Gasteiger partial charge >= 0.3 is 0 Å². The van der Waals surface area contributed by atoms with E-state index in [2.05, 4.69) is 5.32 Å². The highest BCUT2D eigenvalue weighted by atomic mass is 35.5. The number of likely N-dealkylation sites (N-methyl/N-ethyl adjacent to an activating group) is 1.